The smallest absolute Gasteiger partial charge is 0.506 e. The molecule has 0 unspecified atom stereocenters. The van der Waals surface area contributed by atoms with E-state index in [-0.39, 0.29) is 23.1 Å². The molecule has 8 heteroatoms. The molecule has 3 nitrogen and oxygen atoms in total. The minimum absolute atomic E-state index is 0.0196. The van der Waals surface area contributed by atoms with E-state index in [1.165, 1.54) is 42.1 Å². The minimum Gasteiger partial charge on any atom is -0.506 e. The predicted octanol–water partition coefficient (Wildman–Crippen LogP) is 5.67. The van der Waals surface area contributed by atoms with Crippen LogP contribution in [0.3, 0.4) is 0 Å². The summed E-state index contributed by atoms with van der Waals surface area (Å²) in [6, 6.07) is 10.0. The lowest BCUT2D eigenvalue weighted by molar-refractivity contribution is -0.274. The number of benzene rings is 2. The Labute approximate surface area is 152 Å². The highest BCUT2D eigenvalue weighted by molar-refractivity contribution is 7.99. The van der Waals surface area contributed by atoms with Crippen LogP contribution in [0.2, 0.25) is 5.02 Å². The molecule has 0 spiro atoms. The molecule has 25 heavy (non-hydrogen) atoms. The van der Waals surface area contributed by atoms with Gasteiger partial charge in [0.1, 0.15) is 23.9 Å². The normalized spacial score (nSPS) is 11.2. The first-order valence-corrected chi connectivity index (χ1v) is 8.36. The molecule has 2 aromatic rings. The maximum Gasteiger partial charge on any atom is 0.573 e. The van der Waals surface area contributed by atoms with Crippen LogP contribution < -0.4 is 9.47 Å². The van der Waals surface area contributed by atoms with Gasteiger partial charge in [0.05, 0.1) is 5.02 Å². The number of thioether (sulfide) groups is 1. The van der Waals surface area contributed by atoms with Gasteiger partial charge < -0.3 is 14.6 Å². The molecule has 0 aliphatic carbocycles. The van der Waals surface area contributed by atoms with Gasteiger partial charge in [-0.2, -0.15) is 0 Å². The van der Waals surface area contributed by atoms with Crippen molar-refractivity contribution in [3.8, 4) is 17.2 Å². The van der Waals surface area contributed by atoms with Gasteiger partial charge in [-0.1, -0.05) is 18.2 Å². The fourth-order valence-corrected chi connectivity index (χ4v) is 2.79. The Morgan fingerprint density at radius 3 is 2.36 bits per heavy atom. The van der Waals surface area contributed by atoms with Gasteiger partial charge in [-0.3, -0.25) is 0 Å². The van der Waals surface area contributed by atoms with E-state index in [2.05, 4.69) is 11.3 Å². The van der Waals surface area contributed by atoms with Gasteiger partial charge >= 0.3 is 6.36 Å². The Morgan fingerprint density at radius 1 is 1.12 bits per heavy atom. The summed E-state index contributed by atoms with van der Waals surface area (Å²) in [6.45, 7) is 4.11. The second-order valence-corrected chi connectivity index (χ2v) is 6.42. The van der Waals surface area contributed by atoms with E-state index in [1.54, 1.807) is 12.1 Å². The number of alkyl halides is 3. The molecule has 1 N–H and O–H groups in total. The summed E-state index contributed by atoms with van der Waals surface area (Å²) < 4.78 is 45.5. The lowest BCUT2D eigenvalue weighted by Crippen LogP contribution is -2.16. The molecule has 0 aromatic heterocycles. The molecule has 0 aliphatic rings. The summed E-state index contributed by atoms with van der Waals surface area (Å²) in [4.78, 5) is 0.873. The molecule has 2 rings (SSSR count). The van der Waals surface area contributed by atoms with E-state index in [1.807, 2.05) is 0 Å². The largest absolute Gasteiger partial charge is 0.573 e. The van der Waals surface area contributed by atoms with Gasteiger partial charge in [-0.25, -0.2) is 0 Å². The van der Waals surface area contributed by atoms with E-state index in [9.17, 15) is 18.3 Å². The third-order valence-electron chi connectivity index (χ3n) is 2.86. The quantitative estimate of drug-likeness (QED) is 0.488. The molecule has 2 aromatic carbocycles. The van der Waals surface area contributed by atoms with Crippen molar-refractivity contribution in [3.05, 3.63) is 59.6 Å². The van der Waals surface area contributed by atoms with Crippen LogP contribution >= 0.6 is 23.4 Å². The summed E-state index contributed by atoms with van der Waals surface area (Å²) in [6.07, 6.45) is -4.72. The molecule has 0 amide bonds. The van der Waals surface area contributed by atoms with Crippen LogP contribution in [0.4, 0.5) is 13.2 Å². The van der Waals surface area contributed by atoms with Crippen LogP contribution in [0, 0.1) is 0 Å². The second kappa shape index (κ2) is 8.40. The van der Waals surface area contributed by atoms with Crippen LogP contribution in [0.5, 0.6) is 17.2 Å². The highest BCUT2D eigenvalue weighted by atomic mass is 35.5. The average molecular weight is 391 g/mol. The second-order valence-electron chi connectivity index (χ2n) is 4.96. The monoisotopic (exact) mass is 390 g/mol. The average Bonchev–Trinajstić information content (AvgIpc) is 2.54. The number of hydrogen-bond acceptors (Lipinski definition) is 4. The zero-order valence-electron chi connectivity index (χ0n) is 12.8. The molecule has 0 radical (unpaired) electrons. The van der Waals surface area contributed by atoms with Gasteiger partial charge in [0.2, 0.25) is 0 Å². The van der Waals surface area contributed by atoms with E-state index < -0.39 is 6.36 Å². The number of halogens is 4. The van der Waals surface area contributed by atoms with Gasteiger partial charge in [-0.05, 0) is 48.0 Å². The summed E-state index contributed by atoms with van der Waals surface area (Å²) in [7, 11) is 0. The predicted molar refractivity (Wildman–Crippen MR) is 91.6 cm³/mol. The van der Waals surface area contributed by atoms with Crippen molar-refractivity contribution in [1.29, 1.82) is 0 Å². The van der Waals surface area contributed by atoms with Gasteiger partial charge in [0.25, 0.3) is 0 Å². The Balaban J connectivity index is 1.78. The standard InChI is InChI=1S/C17H14ClF3O3S/c1-11(10-25-14-6-7-16(22)15(18)8-14)9-23-12-2-4-13(5-3-12)24-17(19,20)21/h2-8,22H,1,9-10H2. The molecule has 0 heterocycles. The fourth-order valence-electron chi connectivity index (χ4n) is 1.73. The first kappa shape index (κ1) is 19.3. The summed E-state index contributed by atoms with van der Waals surface area (Å²) in [5.74, 6) is 0.689. The van der Waals surface area contributed by atoms with Crippen molar-refractivity contribution in [3.63, 3.8) is 0 Å². The van der Waals surface area contributed by atoms with Gasteiger partial charge in [0.15, 0.2) is 0 Å². The fraction of sp³-hybridized carbons (Fsp3) is 0.176. The minimum atomic E-state index is -4.72. The lowest BCUT2D eigenvalue weighted by Gasteiger charge is -2.11. The third-order valence-corrected chi connectivity index (χ3v) is 4.30. The third kappa shape index (κ3) is 6.80. The van der Waals surface area contributed by atoms with E-state index in [0.29, 0.717) is 11.5 Å². The molecular weight excluding hydrogens is 377 g/mol. The Kier molecular flexibility index (Phi) is 6.50. The van der Waals surface area contributed by atoms with Crippen LogP contribution in [-0.4, -0.2) is 23.8 Å². The maximum absolute atomic E-state index is 12.1. The first-order valence-electron chi connectivity index (χ1n) is 6.99. The van der Waals surface area contributed by atoms with Gasteiger partial charge in [-0.15, -0.1) is 24.9 Å². The van der Waals surface area contributed by atoms with E-state index >= 15 is 0 Å². The summed E-state index contributed by atoms with van der Waals surface area (Å²) in [5.41, 5.74) is 0.782. The summed E-state index contributed by atoms with van der Waals surface area (Å²) in [5, 5.41) is 9.63. The van der Waals surface area contributed by atoms with Crippen molar-refractivity contribution >= 4 is 23.4 Å². The molecular formula is C17H14ClF3O3S. The number of hydrogen-bond donors (Lipinski definition) is 1. The number of phenols is 1. The molecule has 0 fully saturated rings. The Morgan fingerprint density at radius 2 is 1.76 bits per heavy atom. The van der Waals surface area contributed by atoms with Crippen molar-refractivity contribution in [2.24, 2.45) is 0 Å². The highest BCUT2D eigenvalue weighted by Crippen LogP contribution is 2.30. The first-order chi connectivity index (χ1) is 11.7. The zero-order chi connectivity index (χ0) is 18.4. The van der Waals surface area contributed by atoms with Crippen molar-refractivity contribution in [2.45, 2.75) is 11.3 Å². The van der Waals surface area contributed by atoms with Crippen LogP contribution in [-0.2, 0) is 0 Å². The number of aromatic hydroxyl groups is 1. The van der Waals surface area contributed by atoms with Crippen LogP contribution in [0.15, 0.2) is 59.5 Å². The molecule has 0 atom stereocenters. The zero-order valence-corrected chi connectivity index (χ0v) is 14.4. The van der Waals surface area contributed by atoms with Crippen molar-refractivity contribution in [2.75, 3.05) is 12.4 Å². The van der Waals surface area contributed by atoms with Gasteiger partial charge in [0, 0.05) is 10.6 Å². The van der Waals surface area contributed by atoms with Crippen molar-refractivity contribution < 1.29 is 27.8 Å². The molecule has 0 saturated carbocycles. The number of ether oxygens (including phenoxy) is 2. The highest BCUT2D eigenvalue weighted by Gasteiger charge is 2.30. The van der Waals surface area contributed by atoms with E-state index in [0.717, 1.165) is 10.5 Å². The molecule has 0 saturated heterocycles. The molecule has 0 bridgehead atoms. The van der Waals surface area contributed by atoms with Crippen molar-refractivity contribution in [1.82, 2.24) is 0 Å². The Bertz CT molecular complexity index is 733. The number of phenolic OH excluding ortho intramolecular Hbond substituents is 1. The Hall–Kier alpha value is -1.99. The topological polar surface area (TPSA) is 38.7 Å². The lowest BCUT2D eigenvalue weighted by atomic mass is 10.3. The van der Waals surface area contributed by atoms with Crippen LogP contribution in [0.1, 0.15) is 0 Å². The number of rotatable bonds is 7. The SMILES string of the molecule is C=C(COc1ccc(OC(F)(F)F)cc1)CSc1ccc(O)c(Cl)c1. The molecule has 134 valence electrons. The maximum atomic E-state index is 12.1. The van der Waals surface area contributed by atoms with Crippen LogP contribution in [0.25, 0.3) is 0 Å². The summed E-state index contributed by atoms with van der Waals surface area (Å²) >= 11 is 7.31. The molecule has 0 aliphatic heterocycles. The van der Waals surface area contributed by atoms with E-state index in [4.69, 9.17) is 16.3 Å².